The molecule has 0 spiro atoms. The molecule has 3 unspecified atom stereocenters. The zero-order chi connectivity index (χ0) is 17.1. The molecule has 3 saturated heterocycles. The number of fused-ring (bicyclic) bond motifs is 7. The first-order valence-electron chi connectivity index (χ1n) is 10.1. The zero-order valence-corrected chi connectivity index (χ0v) is 15.1. The van der Waals surface area contributed by atoms with E-state index in [1.165, 1.54) is 65.3 Å². The first-order chi connectivity index (χ1) is 12.8. The standard InChI is InChI=1S/C22H26N4/c1-7-20-21-8-6-18(25-21)11-16-3-2-14(23-16)10-15-4-5-17(24-15)12-19-9-13(1)22(20)26-19/h1,7,10-12,14,17-18,23-26H,2-6,8-9H2/b15-10-,16-11-,19-12-,21-20-. The zero-order valence-electron chi connectivity index (χ0n) is 15.1. The first-order valence-corrected chi connectivity index (χ1v) is 10.1. The first kappa shape index (κ1) is 14.8. The van der Waals surface area contributed by atoms with Crippen molar-refractivity contribution in [2.24, 2.45) is 0 Å². The van der Waals surface area contributed by atoms with E-state index in [9.17, 15) is 0 Å². The molecule has 0 aromatic rings. The summed E-state index contributed by atoms with van der Waals surface area (Å²) in [7, 11) is 0. The van der Waals surface area contributed by atoms with Crippen molar-refractivity contribution in [3.63, 3.8) is 0 Å². The molecular weight excluding hydrogens is 320 g/mol. The Morgan fingerprint density at radius 3 is 2.12 bits per heavy atom. The average molecular weight is 346 g/mol. The monoisotopic (exact) mass is 346 g/mol. The Bertz CT molecular complexity index is 851. The number of rotatable bonds is 0. The van der Waals surface area contributed by atoms with Crippen LogP contribution in [-0.4, -0.2) is 18.1 Å². The van der Waals surface area contributed by atoms with Crippen LogP contribution in [0.1, 0.15) is 44.9 Å². The van der Waals surface area contributed by atoms with Crippen LogP contribution in [0.15, 0.2) is 70.0 Å². The lowest BCUT2D eigenvalue weighted by Crippen LogP contribution is -2.25. The molecule has 6 aliphatic rings. The Balaban J connectivity index is 1.39. The Morgan fingerprint density at radius 1 is 0.692 bits per heavy atom. The molecule has 0 amide bonds. The highest BCUT2D eigenvalue weighted by atomic mass is 15.0. The highest BCUT2D eigenvalue weighted by molar-refractivity contribution is 5.60. The summed E-state index contributed by atoms with van der Waals surface area (Å²) in [6.45, 7) is 0. The third-order valence-electron chi connectivity index (χ3n) is 6.50. The van der Waals surface area contributed by atoms with Gasteiger partial charge in [-0.25, -0.2) is 0 Å². The van der Waals surface area contributed by atoms with Crippen molar-refractivity contribution >= 4 is 0 Å². The van der Waals surface area contributed by atoms with Gasteiger partial charge in [-0.3, -0.25) is 0 Å². The molecule has 4 nitrogen and oxygen atoms in total. The van der Waals surface area contributed by atoms with Gasteiger partial charge in [-0.05, 0) is 62.3 Å². The maximum Gasteiger partial charge on any atom is 0.0509 e. The van der Waals surface area contributed by atoms with Crippen molar-refractivity contribution < 1.29 is 0 Å². The van der Waals surface area contributed by atoms with Gasteiger partial charge in [-0.1, -0.05) is 12.2 Å². The second kappa shape index (κ2) is 5.57. The molecule has 134 valence electrons. The molecule has 6 rings (SSSR count). The van der Waals surface area contributed by atoms with Crippen molar-refractivity contribution in [1.29, 1.82) is 0 Å². The summed E-state index contributed by atoms with van der Waals surface area (Å²) >= 11 is 0. The van der Waals surface area contributed by atoms with Crippen LogP contribution in [0.3, 0.4) is 0 Å². The van der Waals surface area contributed by atoms with Gasteiger partial charge in [0.25, 0.3) is 0 Å². The van der Waals surface area contributed by atoms with Gasteiger partial charge in [-0.15, -0.1) is 0 Å². The van der Waals surface area contributed by atoms with E-state index in [2.05, 4.69) is 51.6 Å². The molecule has 3 fully saturated rings. The smallest absolute Gasteiger partial charge is 0.0509 e. The van der Waals surface area contributed by atoms with Crippen molar-refractivity contribution in [2.75, 3.05) is 0 Å². The molecule has 3 atom stereocenters. The third kappa shape index (κ3) is 2.43. The molecule has 0 saturated carbocycles. The molecular formula is C22H26N4. The van der Waals surface area contributed by atoms with E-state index >= 15 is 0 Å². The molecule has 1 aliphatic carbocycles. The van der Waals surface area contributed by atoms with E-state index < -0.39 is 0 Å². The van der Waals surface area contributed by atoms with Crippen molar-refractivity contribution in [3.05, 3.63) is 70.0 Å². The maximum atomic E-state index is 3.79. The molecule has 5 heterocycles. The van der Waals surface area contributed by atoms with Gasteiger partial charge in [0.1, 0.15) is 0 Å². The Labute approximate surface area is 154 Å². The molecule has 8 bridgehead atoms. The minimum absolute atomic E-state index is 0.460. The summed E-state index contributed by atoms with van der Waals surface area (Å²) in [6, 6.07) is 1.41. The van der Waals surface area contributed by atoms with E-state index in [4.69, 9.17) is 0 Å². The van der Waals surface area contributed by atoms with Crippen LogP contribution < -0.4 is 21.3 Å². The third-order valence-corrected chi connectivity index (χ3v) is 6.50. The Kier molecular flexibility index (Phi) is 3.16. The summed E-state index contributed by atoms with van der Waals surface area (Å²) < 4.78 is 0. The number of hydrogen-bond acceptors (Lipinski definition) is 4. The van der Waals surface area contributed by atoms with Gasteiger partial charge < -0.3 is 21.3 Å². The van der Waals surface area contributed by atoms with Crippen LogP contribution in [0.5, 0.6) is 0 Å². The van der Waals surface area contributed by atoms with E-state index in [-0.39, 0.29) is 0 Å². The van der Waals surface area contributed by atoms with Gasteiger partial charge in [0.15, 0.2) is 0 Å². The minimum atomic E-state index is 0.460. The molecule has 4 heteroatoms. The predicted molar refractivity (Wildman–Crippen MR) is 104 cm³/mol. The second-order valence-corrected chi connectivity index (χ2v) is 8.37. The summed E-state index contributed by atoms with van der Waals surface area (Å²) in [5.74, 6) is 0. The molecule has 4 N–H and O–H groups in total. The van der Waals surface area contributed by atoms with Gasteiger partial charge in [-0.2, -0.15) is 0 Å². The largest absolute Gasteiger partial charge is 0.382 e. The van der Waals surface area contributed by atoms with Crippen molar-refractivity contribution in [1.82, 2.24) is 21.3 Å². The molecule has 0 radical (unpaired) electrons. The number of allylic oxidation sites excluding steroid dienone is 6. The lowest BCUT2D eigenvalue weighted by Gasteiger charge is -2.15. The molecule has 0 aromatic heterocycles. The van der Waals surface area contributed by atoms with Gasteiger partial charge in [0.05, 0.1) is 5.70 Å². The summed E-state index contributed by atoms with van der Waals surface area (Å²) in [5.41, 5.74) is 9.77. The van der Waals surface area contributed by atoms with E-state index in [0.717, 1.165) is 19.3 Å². The van der Waals surface area contributed by atoms with Crippen LogP contribution in [0, 0.1) is 0 Å². The fourth-order valence-electron chi connectivity index (χ4n) is 5.21. The van der Waals surface area contributed by atoms with E-state index in [1.54, 1.807) is 0 Å². The number of hydrogen-bond donors (Lipinski definition) is 4. The van der Waals surface area contributed by atoms with E-state index in [0.29, 0.717) is 18.1 Å². The van der Waals surface area contributed by atoms with Gasteiger partial charge in [0.2, 0.25) is 0 Å². The average Bonchev–Trinajstić information content (AvgIpc) is 3.38. The molecule has 5 aliphatic heterocycles. The molecule has 26 heavy (non-hydrogen) atoms. The normalized spacial score (nSPS) is 42.9. The van der Waals surface area contributed by atoms with Crippen LogP contribution in [0.2, 0.25) is 0 Å². The molecule has 0 aromatic carbocycles. The number of nitrogens with one attached hydrogen (secondary N) is 4. The van der Waals surface area contributed by atoms with Gasteiger partial charge in [0, 0.05) is 52.9 Å². The lowest BCUT2D eigenvalue weighted by atomic mass is 10.1. The van der Waals surface area contributed by atoms with Crippen LogP contribution in [0.4, 0.5) is 0 Å². The summed E-state index contributed by atoms with van der Waals surface area (Å²) in [6.07, 6.45) is 20.0. The fraction of sp³-hybridized carbons (Fsp3) is 0.455. The highest BCUT2D eigenvalue weighted by Crippen LogP contribution is 2.37. The Hall–Kier alpha value is -2.36. The van der Waals surface area contributed by atoms with Gasteiger partial charge >= 0.3 is 0 Å². The van der Waals surface area contributed by atoms with Crippen LogP contribution in [-0.2, 0) is 0 Å². The quantitative estimate of drug-likeness (QED) is 0.545. The highest BCUT2D eigenvalue weighted by Gasteiger charge is 2.30. The van der Waals surface area contributed by atoms with Crippen LogP contribution in [0.25, 0.3) is 0 Å². The maximum absolute atomic E-state index is 3.79. The SMILES string of the molecule is C1=C/C2=C3\CCC(/C=C4/CCC(/C=C5/CCC(/C=C6/CC1=C2N6)N5)N4)N3. The fourth-order valence-corrected chi connectivity index (χ4v) is 5.21. The lowest BCUT2D eigenvalue weighted by molar-refractivity contribution is 0.707. The topological polar surface area (TPSA) is 48.1 Å². The van der Waals surface area contributed by atoms with Crippen LogP contribution >= 0.6 is 0 Å². The Morgan fingerprint density at radius 2 is 1.35 bits per heavy atom. The summed E-state index contributed by atoms with van der Waals surface area (Å²) in [5, 5.41) is 15.0. The second-order valence-electron chi connectivity index (χ2n) is 8.37. The van der Waals surface area contributed by atoms with Crippen molar-refractivity contribution in [2.45, 2.75) is 63.1 Å². The summed E-state index contributed by atoms with van der Waals surface area (Å²) in [4.78, 5) is 0. The minimum Gasteiger partial charge on any atom is -0.382 e. The van der Waals surface area contributed by atoms with Crippen molar-refractivity contribution in [3.8, 4) is 0 Å². The predicted octanol–water partition coefficient (Wildman–Crippen LogP) is 2.98. The van der Waals surface area contributed by atoms with E-state index in [1.807, 2.05) is 0 Å².